The van der Waals surface area contributed by atoms with Gasteiger partial charge in [0.1, 0.15) is 48.8 Å². The van der Waals surface area contributed by atoms with E-state index in [-0.39, 0.29) is 6.54 Å². The molecule has 25 heavy (non-hydrogen) atoms. The van der Waals surface area contributed by atoms with Crippen LogP contribution in [-0.2, 0) is 18.9 Å². The maximum atomic E-state index is 10.5. The van der Waals surface area contributed by atoms with Gasteiger partial charge < -0.3 is 50.2 Å². The van der Waals surface area contributed by atoms with Gasteiger partial charge in [-0.2, -0.15) is 0 Å². The van der Waals surface area contributed by atoms with Crippen molar-refractivity contribution in [2.45, 2.75) is 68.3 Å². The molecule has 3 heterocycles. The van der Waals surface area contributed by atoms with E-state index in [0.29, 0.717) is 5.90 Å². The number of hydrogen-bond donors (Lipinski definition) is 6. The van der Waals surface area contributed by atoms with Gasteiger partial charge in [-0.25, -0.2) is 4.99 Å². The number of fused-ring (bicyclic) bond motifs is 1. The van der Waals surface area contributed by atoms with Gasteiger partial charge in [-0.15, -0.1) is 0 Å². The Balaban J connectivity index is 1.75. The van der Waals surface area contributed by atoms with E-state index < -0.39 is 68.0 Å². The Hall–Kier alpha value is -0.890. The summed E-state index contributed by atoms with van der Waals surface area (Å²) in [6, 6.07) is -0.755. The van der Waals surface area contributed by atoms with Gasteiger partial charge in [-0.3, -0.25) is 0 Å². The fourth-order valence-corrected chi connectivity index (χ4v) is 3.24. The van der Waals surface area contributed by atoms with Crippen LogP contribution in [0.4, 0.5) is 0 Å². The van der Waals surface area contributed by atoms with Gasteiger partial charge in [-0.1, -0.05) is 0 Å². The summed E-state index contributed by atoms with van der Waals surface area (Å²) in [4.78, 5) is 4.13. The molecular weight excluding hydrogens is 340 g/mol. The third kappa shape index (κ3) is 3.39. The van der Waals surface area contributed by atoms with Gasteiger partial charge >= 0.3 is 0 Å². The second-order valence-electron chi connectivity index (χ2n) is 6.32. The molecule has 11 heteroatoms. The third-order valence-corrected chi connectivity index (χ3v) is 4.63. The van der Waals surface area contributed by atoms with Crippen molar-refractivity contribution in [1.82, 2.24) is 0 Å². The molecule has 3 aliphatic heterocycles. The van der Waals surface area contributed by atoms with Gasteiger partial charge in [0.15, 0.2) is 12.2 Å². The van der Waals surface area contributed by atoms with Crippen molar-refractivity contribution in [1.29, 1.82) is 0 Å². The van der Waals surface area contributed by atoms with E-state index in [1.807, 2.05) is 0 Å². The molecule has 0 bridgehead atoms. The molecule has 3 rings (SSSR count). The molecule has 0 spiro atoms. The zero-order valence-electron chi connectivity index (χ0n) is 13.6. The lowest BCUT2D eigenvalue weighted by atomic mass is 9.96. The standard InChI is InChI=1S/C14H24N2O9/c1-4-16-7-9(19)12(6(3-17)24-13(7)22-4)25-14-11(21)10(20)8(18)5(2-15)23-14/h5-14,17-21H,2-3,15H2,1H3/t5?,6?,7?,8-,9+,10-,11?,12+,13-,14-/m0/s1. The predicted molar refractivity (Wildman–Crippen MR) is 80.3 cm³/mol. The summed E-state index contributed by atoms with van der Waals surface area (Å²) < 4.78 is 21.8. The molecule has 4 unspecified atom stereocenters. The summed E-state index contributed by atoms with van der Waals surface area (Å²) in [5.41, 5.74) is 5.48. The molecule has 0 aromatic heterocycles. The van der Waals surface area contributed by atoms with Crippen molar-refractivity contribution in [3.63, 3.8) is 0 Å². The quantitative estimate of drug-likeness (QED) is 0.288. The number of ether oxygens (including phenoxy) is 4. The van der Waals surface area contributed by atoms with Crippen molar-refractivity contribution in [3.05, 3.63) is 0 Å². The SMILES string of the molecule is CC1=NC2[C@@H](O1)OC(CO)[C@@H](O[C@@H]1OC(CN)[C@H](O)[C@H](O)C1O)[C@@H]2O. The summed E-state index contributed by atoms with van der Waals surface area (Å²) in [7, 11) is 0. The van der Waals surface area contributed by atoms with Crippen LogP contribution in [0.2, 0.25) is 0 Å². The van der Waals surface area contributed by atoms with Gasteiger partial charge in [0.2, 0.25) is 6.29 Å². The molecule has 3 aliphatic rings. The minimum absolute atomic E-state index is 0.111. The zero-order chi connectivity index (χ0) is 18.3. The summed E-state index contributed by atoms with van der Waals surface area (Å²) in [5, 5.41) is 49.9. The first-order chi connectivity index (χ1) is 11.9. The van der Waals surface area contributed by atoms with E-state index in [1.54, 1.807) is 6.92 Å². The second-order valence-corrected chi connectivity index (χ2v) is 6.32. The molecule has 0 aromatic carbocycles. The molecule has 0 saturated carbocycles. The largest absolute Gasteiger partial charge is 0.450 e. The lowest BCUT2D eigenvalue weighted by Gasteiger charge is -2.45. The molecule has 11 nitrogen and oxygen atoms in total. The van der Waals surface area contributed by atoms with Crippen LogP contribution in [0.25, 0.3) is 0 Å². The number of hydrogen-bond acceptors (Lipinski definition) is 11. The molecule has 0 aliphatic carbocycles. The van der Waals surface area contributed by atoms with E-state index in [0.717, 1.165) is 0 Å². The van der Waals surface area contributed by atoms with E-state index in [2.05, 4.69) is 4.99 Å². The van der Waals surface area contributed by atoms with Gasteiger partial charge in [-0.05, 0) is 0 Å². The Morgan fingerprint density at radius 3 is 2.40 bits per heavy atom. The van der Waals surface area contributed by atoms with Gasteiger partial charge in [0.05, 0.1) is 6.61 Å². The Morgan fingerprint density at radius 2 is 1.76 bits per heavy atom. The molecule has 144 valence electrons. The number of aliphatic hydroxyl groups is 5. The molecule has 0 aromatic rings. The monoisotopic (exact) mass is 364 g/mol. The van der Waals surface area contributed by atoms with Crippen LogP contribution in [-0.4, -0.2) is 106 Å². The molecule has 2 saturated heterocycles. The summed E-state index contributed by atoms with van der Waals surface area (Å²) in [6.07, 6.45) is -10.9. The molecule has 0 amide bonds. The van der Waals surface area contributed by atoms with Crippen molar-refractivity contribution in [3.8, 4) is 0 Å². The summed E-state index contributed by atoms with van der Waals surface area (Å²) >= 11 is 0. The highest BCUT2D eigenvalue weighted by atomic mass is 16.7. The summed E-state index contributed by atoms with van der Waals surface area (Å²) in [6.45, 7) is 1.01. The normalized spacial score (nSPS) is 50.1. The third-order valence-electron chi connectivity index (χ3n) is 4.63. The van der Waals surface area contributed by atoms with Crippen molar-refractivity contribution in [2.75, 3.05) is 13.2 Å². The van der Waals surface area contributed by atoms with Crippen LogP contribution >= 0.6 is 0 Å². The number of nitrogens with zero attached hydrogens (tertiary/aromatic N) is 1. The minimum atomic E-state index is -1.58. The molecule has 7 N–H and O–H groups in total. The molecular formula is C14H24N2O9. The Morgan fingerprint density at radius 1 is 1.04 bits per heavy atom. The van der Waals surface area contributed by atoms with Crippen LogP contribution in [0.3, 0.4) is 0 Å². The minimum Gasteiger partial charge on any atom is -0.450 e. The molecule has 0 radical (unpaired) electrons. The van der Waals surface area contributed by atoms with E-state index >= 15 is 0 Å². The van der Waals surface area contributed by atoms with Crippen LogP contribution in [0.1, 0.15) is 6.92 Å². The van der Waals surface area contributed by atoms with E-state index in [1.165, 1.54) is 0 Å². The average Bonchev–Trinajstić information content (AvgIpc) is 2.97. The fraction of sp³-hybridized carbons (Fsp3) is 0.929. The van der Waals surface area contributed by atoms with Crippen molar-refractivity contribution in [2.24, 2.45) is 10.7 Å². The highest BCUT2D eigenvalue weighted by Gasteiger charge is 2.52. The zero-order valence-corrected chi connectivity index (χ0v) is 13.6. The number of rotatable bonds is 4. The number of aliphatic hydroxyl groups excluding tert-OH is 5. The number of nitrogens with two attached hydrogens (primary N) is 1. The van der Waals surface area contributed by atoms with Crippen LogP contribution in [0.15, 0.2) is 4.99 Å². The molecule has 10 atom stereocenters. The number of aliphatic imine (C=N–C) groups is 1. The first-order valence-corrected chi connectivity index (χ1v) is 8.08. The van der Waals surface area contributed by atoms with Crippen LogP contribution in [0, 0.1) is 0 Å². The summed E-state index contributed by atoms with van der Waals surface area (Å²) in [5.74, 6) is 0.335. The predicted octanol–water partition coefficient (Wildman–Crippen LogP) is -3.97. The smallest absolute Gasteiger partial charge is 0.227 e. The van der Waals surface area contributed by atoms with Crippen molar-refractivity contribution >= 4 is 5.90 Å². The highest BCUT2D eigenvalue weighted by molar-refractivity contribution is 5.75. The molecule has 2 fully saturated rings. The van der Waals surface area contributed by atoms with Crippen LogP contribution in [0.5, 0.6) is 0 Å². The van der Waals surface area contributed by atoms with Gasteiger partial charge in [0.25, 0.3) is 0 Å². The van der Waals surface area contributed by atoms with Crippen molar-refractivity contribution < 1.29 is 44.5 Å². The second kappa shape index (κ2) is 7.39. The Kier molecular flexibility index (Phi) is 5.58. The lowest BCUT2D eigenvalue weighted by Crippen LogP contribution is -2.64. The highest BCUT2D eigenvalue weighted by Crippen LogP contribution is 2.32. The van der Waals surface area contributed by atoms with E-state index in [9.17, 15) is 25.5 Å². The van der Waals surface area contributed by atoms with E-state index in [4.69, 9.17) is 24.7 Å². The maximum absolute atomic E-state index is 10.5. The maximum Gasteiger partial charge on any atom is 0.227 e. The van der Waals surface area contributed by atoms with Crippen LogP contribution < -0.4 is 5.73 Å². The fourth-order valence-electron chi connectivity index (χ4n) is 3.24. The average molecular weight is 364 g/mol. The Bertz CT molecular complexity index is 505. The lowest BCUT2D eigenvalue weighted by molar-refractivity contribution is -0.337. The first-order valence-electron chi connectivity index (χ1n) is 8.08. The van der Waals surface area contributed by atoms with Gasteiger partial charge in [0, 0.05) is 13.5 Å². The Labute approximate surface area is 143 Å². The first kappa shape index (κ1) is 18.9. The topological polar surface area (TPSA) is 176 Å².